The van der Waals surface area contributed by atoms with Gasteiger partial charge in [0.15, 0.2) is 11.5 Å². The molecule has 0 fully saturated rings. The second-order valence-corrected chi connectivity index (χ2v) is 3.84. The van der Waals surface area contributed by atoms with Gasteiger partial charge in [0.1, 0.15) is 3.70 Å². The van der Waals surface area contributed by atoms with Crippen molar-refractivity contribution in [2.75, 3.05) is 6.79 Å². The lowest BCUT2D eigenvalue weighted by Gasteiger charge is -1.94. The molecule has 0 unspecified atom stereocenters. The second-order valence-electron chi connectivity index (χ2n) is 2.76. The molecule has 1 aromatic carbocycles. The first-order valence-electron chi connectivity index (χ1n) is 3.78. The third-order valence-electron chi connectivity index (χ3n) is 2.00. The average molecular weight is 288 g/mol. The van der Waals surface area contributed by atoms with Crippen LogP contribution in [0, 0.1) is 3.70 Å². The lowest BCUT2D eigenvalue weighted by Crippen LogP contribution is -1.92. The van der Waals surface area contributed by atoms with Gasteiger partial charge in [-0.2, -0.15) is 5.10 Å². The van der Waals surface area contributed by atoms with Crippen LogP contribution >= 0.6 is 22.6 Å². The van der Waals surface area contributed by atoms with E-state index in [4.69, 9.17) is 9.47 Å². The van der Waals surface area contributed by atoms with Gasteiger partial charge in [0.05, 0.1) is 5.52 Å². The molecule has 1 aliphatic rings. The van der Waals surface area contributed by atoms with Gasteiger partial charge in [0.25, 0.3) is 0 Å². The van der Waals surface area contributed by atoms with Gasteiger partial charge in [0.2, 0.25) is 6.79 Å². The summed E-state index contributed by atoms with van der Waals surface area (Å²) in [5.41, 5.74) is 0.911. The van der Waals surface area contributed by atoms with Crippen molar-refractivity contribution in [3.63, 3.8) is 0 Å². The monoisotopic (exact) mass is 288 g/mol. The van der Waals surface area contributed by atoms with Crippen molar-refractivity contribution in [1.29, 1.82) is 0 Å². The number of fused-ring (bicyclic) bond motifs is 2. The predicted octanol–water partition coefficient (Wildman–Crippen LogP) is 1.90. The highest BCUT2D eigenvalue weighted by Gasteiger charge is 2.16. The summed E-state index contributed by atoms with van der Waals surface area (Å²) in [6.07, 6.45) is 0. The molecule has 0 spiro atoms. The molecule has 5 heteroatoms. The predicted molar refractivity (Wildman–Crippen MR) is 54.9 cm³/mol. The standard InChI is InChI=1S/C8H5IN2O2/c9-8-4-1-6-7(13-3-12-6)2-5(4)10-11-8/h1-2H,3H2,(H,10,11). The first kappa shape index (κ1) is 7.43. The lowest BCUT2D eigenvalue weighted by molar-refractivity contribution is 0.174. The van der Waals surface area contributed by atoms with E-state index in [9.17, 15) is 0 Å². The third kappa shape index (κ3) is 0.995. The van der Waals surface area contributed by atoms with Crippen molar-refractivity contribution in [2.24, 2.45) is 0 Å². The molecular weight excluding hydrogens is 283 g/mol. The van der Waals surface area contributed by atoms with E-state index in [1.807, 2.05) is 12.1 Å². The Morgan fingerprint density at radius 3 is 2.92 bits per heavy atom. The van der Waals surface area contributed by atoms with Crippen molar-refractivity contribution >= 4 is 33.5 Å². The fourth-order valence-electron chi connectivity index (χ4n) is 1.37. The molecule has 0 bridgehead atoms. The maximum atomic E-state index is 5.26. The molecule has 0 saturated heterocycles. The Morgan fingerprint density at radius 2 is 2.08 bits per heavy atom. The Morgan fingerprint density at radius 1 is 1.31 bits per heavy atom. The molecule has 4 nitrogen and oxygen atoms in total. The number of ether oxygens (including phenoxy) is 2. The van der Waals surface area contributed by atoms with Gasteiger partial charge in [-0.3, -0.25) is 5.10 Å². The quantitative estimate of drug-likeness (QED) is 0.753. The van der Waals surface area contributed by atoms with Crippen molar-refractivity contribution in [2.45, 2.75) is 0 Å². The highest BCUT2D eigenvalue weighted by Crippen LogP contribution is 2.36. The number of hydrogen-bond donors (Lipinski definition) is 1. The topological polar surface area (TPSA) is 47.1 Å². The van der Waals surface area contributed by atoms with Crippen LogP contribution in [0.1, 0.15) is 0 Å². The van der Waals surface area contributed by atoms with E-state index in [2.05, 4.69) is 32.8 Å². The van der Waals surface area contributed by atoms with Gasteiger partial charge in [-0.05, 0) is 28.7 Å². The Labute approximate surface area is 87.4 Å². The van der Waals surface area contributed by atoms with E-state index in [0.29, 0.717) is 6.79 Å². The molecule has 0 radical (unpaired) electrons. The Kier molecular flexibility index (Phi) is 1.43. The molecule has 2 heterocycles. The number of benzene rings is 1. The van der Waals surface area contributed by atoms with Crippen LogP contribution in [-0.4, -0.2) is 17.0 Å². The fourth-order valence-corrected chi connectivity index (χ4v) is 1.92. The zero-order chi connectivity index (χ0) is 8.84. The third-order valence-corrected chi connectivity index (χ3v) is 2.82. The van der Waals surface area contributed by atoms with E-state index >= 15 is 0 Å². The van der Waals surface area contributed by atoms with Crippen molar-refractivity contribution in [3.05, 3.63) is 15.8 Å². The minimum Gasteiger partial charge on any atom is -0.454 e. The molecule has 1 aromatic heterocycles. The zero-order valence-electron chi connectivity index (χ0n) is 6.50. The van der Waals surface area contributed by atoms with Gasteiger partial charge >= 0.3 is 0 Å². The summed E-state index contributed by atoms with van der Waals surface area (Å²) in [4.78, 5) is 0. The number of H-pyrrole nitrogens is 1. The van der Waals surface area contributed by atoms with Gasteiger partial charge in [-0.25, -0.2) is 0 Å². The Bertz CT molecular complexity index is 480. The van der Waals surface area contributed by atoms with E-state index in [1.165, 1.54) is 0 Å². The average Bonchev–Trinajstić information content (AvgIpc) is 2.70. The molecular formula is C8H5IN2O2. The highest BCUT2D eigenvalue weighted by molar-refractivity contribution is 14.1. The number of hydrogen-bond acceptors (Lipinski definition) is 3. The summed E-state index contributed by atoms with van der Waals surface area (Å²) in [6, 6.07) is 3.83. The zero-order valence-corrected chi connectivity index (χ0v) is 8.66. The van der Waals surface area contributed by atoms with Crippen molar-refractivity contribution in [1.82, 2.24) is 10.2 Å². The number of nitrogens with zero attached hydrogens (tertiary/aromatic N) is 1. The van der Waals surface area contributed by atoms with E-state index in [1.54, 1.807) is 0 Å². The molecule has 0 amide bonds. The minimum atomic E-state index is 0.308. The molecule has 0 aliphatic carbocycles. The van der Waals surface area contributed by atoms with Crippen LogP contribution in [-0.2, 0) is 0 Å². The number of aromatic amines is 1. The van der Waals surface area contributed by atoms with Crippen LogP contribution in [0.2, 0.25) is 0 Å². The van der Waals surface area contributed by atoms with Gasteiger partial charge < -0.3 is 9.47 Å². The number of halogens is 1. The first-order chi connectivity index (χ1) is 6.34. The van der Waals surface area contributed by atoms with Gasteiger partial charge in [0, 0.05) is 11.5 Å². The number of rotatable bonds is 0. The molecule has 0 saturated carbocycles. The number of aromatic nitrogens is 2. The first-order valence-corrected chi connectivity index (χ1v) is 4.86. The number of nitrogens with one attached hydrogen (secondary N) is 1. The van der Waals surface area contributed by atoms with E-state index in [-0.39, 0.29) is 0 Å². The van der Waals surface area contributed by atoms with E-state index in [0.717, 1.165) is 26.1 Å². The molecule has 66 valence electrons. The van der Waals surface area contributed by atoms with E-state index < -0.39 is 0 Å². The van der Waals surface area contributed by atoms with Crippen LogP contribution in [0.25, 0.3) is 10.9 Å². The molecule has 1 aliphatic heterocycles. The minimum absolute atomic E-state index is 0.308. The normalized spacial score (nSPS) is 13.9. The SMILES string of the molecule is Ic1[nH]nc2cc3c(cc12)OCO3. The molecule has 13 heavy (non-hydrogen) atoms. The summed E-state index contributed by atoms with van der Waals surface area (Å²) < 4.78 is 11.5. The van der Waals surface area contributed by atoms with Crippen LogP contribution in [0.3, 0.4) is 0 Å². The summed E-state index contributed by atoms with van der Waals surface area (Å²) in [6.45, 7) is 0.308. The van der Waals surface area contributed by atoms with Gasteiger partial charge in [-0.15, -0.1) is 0 Å². The molecule has 3 rings (SSSR count). The van der Waals surface area contributed by atoms with Crippen LogP contribution in [0.4, 0.5) is 0 Å². The van der Waals surface area contributed by atoms with Gasteiger partial charge in [-0.1, -0.05) is 0 Å². The van der Waals surface area contributed by atoms with Crippen LogP contribution in [0.15, 0.2) is 12.1 Å². The maximum Gasteiger partial charge on any atom is 0.231 e. The lowest BCUT2D eigenvalue weighted by atomic mass is 10.2. The largest absolute Gasteiger partial charge is 0.454 e. The second kappa shape index (κ2) is 2.50. The fraction of sp³-hybridized carbons (Fsp3) is 0.125. The Balaban J connectivity index is 2.38. The van der Waals surface area contributed by atoms with Crippen molar-refractivity contribution < 1.29 is 9.47 Å². The summed E-state index contributed by atoms with van der Waals surface area (Å²) in [7, 11) is 0. The maximum absolute atomic E-state index is 5.26. The summed E-state index contributed by atoms with van der Waals surface area (Å²) in [5, 5.41) is 8.11. The van der Waals surface area contributed by atoms with Crippen LogP contribution in [0.5, 0.6) is 11.5 Å². The Hall–Kier alpha value is -0.980. The summed E-state index contributed by atoms with van der Waals surface area (Å²) >= 11 is 2.20. The highest BCUT2D eigenvalue weighted by atomic mass is 127. The molecule has 2 aromatic rings. The molecule has 0 atom stereocenters. The molecule has 1 N–H and O–H groups in total. The van der Waals surface area contributed by atoms with Crippen LogP contribution < -0.4 is 9.47 Å². The smallest absolute Gasteiger partial charge is 0.231 e. The summed E-state index contributed by atoms with van der Waals surface area (Å²) in [5.74, 6) is 1.57. The van der Waals surface area contributed by atoms with Crippen molar-refractivity contribution in [3.8, 4) is 11.5 Å².